The van der Waals surface area contributed by atoms with Crippen molar-refractivity contribution in [3.8, 4) is 5.75 Å². The molecule has 0 aromatic heterocycles. The molecule has 1 aliphatic rings. The van der Waals surface area contributed by atoms with Gasteiger partial charge in [-0.05, 0) is 37.1 Å². The molecule has 0 saturated carbocycles. The van der Waals surface area contributed by atoms with Crippen molar-refractivity contribution in [3.63, 3.8) is 0 Å². The van der Waals surface area contributed by atoms with Gasteiger partial charge in [0, 0.05) is 6.54 Å². The van der Waals surface area contributed by atoms with E-state index in [9.17, 15) is 0 Å². The predicted octanol–water partition coefficient (Wildman–Crippen LogP) is 2.59. The van der Waals surface area contributed by atoms with E-state index in [-0.39, 0.29) is 0 Å². The fourth-order valence-electron chi connectivity index (χ4n) is 2.08. The van der Waals surface area contributed by atoms with Crippen LogP contribution in [0.25, 0.3) is 0 Å². The van der Waals surface area contributed by atoms with Gasteiger partial charge in [0.05, 0.1) is 12.2 Å². The molecule has 0 fully saturated rings. The molecule has 0 aliphatic carbocycles. The Balaban J connectivity index is 1.93. The summed E-state index contributed by atoms with van der Waals surface area (Å²) in [4.78, 5) is 0. The normalized spacial score (nSPS) is 17.5. The van der Waals surface area contributed by atoms with Crippen LogP contribution in [-0.4, -0.2) is 25.7 Å². The predicted molar refractivity (Wildman–Crippen MR) is 76.4 cm³/mol. The van der Waals surface area contributed by atoms with E-state index in [0.29, 0.717) is 6.10 Å². The molecule has 3 heteroatoms. The Morgan fingerprint density at radius 3 is 3.22 bits per heavy atom. The van der Waals surface area contributed by atoms with Crippen molar-refractivity contribution >= 4 is 5.69 Å². The molecule has 1 unspecified atom stereocenters. The van der Waals surface area contributed by atoms with Gasteiger partial charge in [0.25, 0.3) is 0 Å². The van der Waals surface area contributed by atoms with Crippen LogP contribution < -0.4 is 15.4 Å². The van der Waals surface area contributed by atoms with E-state index in [2.05, 4.69) is 42.3 Å². The first-order valence-corrected chi connectivity index (χ1v) is 6.68. The Morgan fingerprint density at radius 2 is 2.44 bits per heavy atom. The highest BCUT2D eigenvalue weighted by molar-refractivity contribution is 5.59. The van der Waals surface area contributed by atoms with Crippen LogP contribution in [0.4, 0.5) is 5.69 Å². The van der Waals surface area contributed by atoms with Crippen molar-refractivity contribution < 1.29 is 4.74 Å². The average molecular weight is 246 g/mol. The van der Waals surface area contributed by atoms with E-state index in [1.807, 2.05) is 6.08 Å². The first-order valence-electron chi connectivity index (χ1n) is 6.68. The molecule has 1 atom stereocenters. The van der Waals surface area contributed by atoms with Crippen LogP contribution >= 0.6 is 0 Å². The summed E-state index contributed by atoms with van der Waals surface area (Å²) in [6.45, 7) is 8.58. The van der Waals surface area contributed by atoms with Crippen molar-refractivity contribution in [2.24, 2.45) is 0 Å². The Kier molecular flexibility index (Phi) is 4.65. The summed E-state index contributed by atoms with van der Waals surface area (Å²) in [5, 5.41) is 6.75. The van der Waals surface area contributed by atoms with E-state index in [1.165, 1.54) is 5.56 Å². The first kappa shape index (κ1) is 13.0. The number of ether oxygens (including phenoxy) is 1. The van der Waals surface area contributed by atoms with E-state index in [4.69, 9.17) is 4.74 Å². The van der Waals surface area contributed by atoms with Crippen LogP contribution in [0.3, 0.4) is 0 Å². The maximum atomic E-state index is 5.89. The maximum absolute atomic E-state index is 5.89. The number of hydrogen-bond donors (Lipinski definition) is 2. The van der Waals surface area contributed by atoms with Gasteiger partial charge < -0.3 is 15.4 Å². The van der Waals surface area contributed by atoms with Crippen molar-refractivity contribution in [1.29, 1.82) is 0 Å². The molecule has 18 heavy (non-hydrogen) atoms. The highest BCUT2D eigenvalue weighted by atomic mass is 16.5. The maximum Gasteiger partial charge on any atom is 0.142 e. The summed E-state index contributed by atoms with van der Waals surface area (Å²) in [6, 6.07) is 6.41. The first-order chi connectivity index (χ1) is 8.83. The number of nitrogens with one attached hydrogen (secondary N) is 2. The van der Waals surface area contributed by atoms with Crippen LogP contribution in [0.5, 0.6) is 5.75 Å². The number of rotatable bonds is 6. The molecule has 0 radical (unpaired) electrons. The fraction of sp³-hybridized carbons (Fsp3) is 0.467. The Labute approximate surface area is 109 Å². The Bertz CT molecular complexity index is 403. The second-order valence-corrected chi connectivity index (χ2v) is 4.60. The van der Waals surface area contributed by atoms with Gasteiger partial charge >= 0.3 is 0 Å². The van der Waals surface area contributed by atoms with Gasteiger partial charge in [-0.1, -0.05) is 19.1 Å². The van der Waals surface area contributed by atoms with E-state index < -0.39 is 0 Å². The van der Waals surface area contributed by atoms with Crippen molar-refractivity contribution in [1.82, 2.24) is 5.32 Å². The molecule has 0 spiro atoms. The largest absolute Gasteiger partial charge is 0.486 e. The SMILES string of the molecule is C=CCNCCc1ccc2c(c1)NCC(CC)O2. The molecule has 0 bridgehead atoms. The number of hydrogen-bond acceptors (Lipinski definition) is 3. The van der Waals surface area contributed by atoms with Gasteiger partial charge in [0.1, 0.15) is 11.9 Å². The molecule has 1 heterocycles. The standard InChI is InChI=1S/C15H22N2O/c1-3-8-16-9-7-12-5-6-15-14(10-12)17-11-13(4-2)18-15/h3,5-6,10,13,16-17H,1,4,7-9,11H2,2H3. The second-order valence-electron chi connectivity index (χ2n) is 4.60. The van der Waals surface area contributed by atoms with Crippen LogP contribution in [0.15, 0.2) is 30.9 Å². The van der Waals surface area contributed by atoms with Gasteiger partial charge in [-0.3, -0.25) is 0 Å². The molecule has 0 saturated heterocycles. The van der Waals surface area contributed by atoms with Crippen LogP contribution in [0.2, 0.25) is 0 Å². The summed E-state index contributed by atoms with van der Waals surface area (Å²) in [5.41, 5.74) is 2.46. The Hall–Kier alpha value is -1.48. The average Bonchev–Trinajstić information content (AvgIpc) is 2.43. The second kappa shape index (κ2) is 6.45. The Morgan fingerprint density at radius 1 is 1.56 bits per heavy atom. The van der Waals surface area contributed by atoms with E-state index in [0.717, 1.165) is 43.9 Å². The molecular formula is C15H22N2O. The van der Waals surface area contributed by atoms with Crippen molar-refractivity contribution in [3.05, 3.63) is 36.4 Å². The summed E-state index contributed by atoms with van der Waals surface area (Å²) >= 11 is 0. The van der Waals surface area contributed by atoms with Crippen molar-refractivity contribution in [2.75, 3.05) is 25.0 Å². The minimum Gasteiger partial charge on any atom is -0.486 e. The lowest BCUT2D eigenvalue weighted by Crippen LogP contribution is -2.30. The number of benzene rings is 1. The zero-order valence-corrected chi connectivity index (χ0v) is 11.0. The monoisotopic (exact) mass is 246 g/mol. The summed E-state index contributed by atoms with van der Waals surface area (Å²) in [6.07, 6.45) is 4.25. The molecule has 2 rings (SSSR count). The molecule has 1 aromatic carbocycles. The molecule has 2 N–H and O–H groups in total. The minimum absolute atomic E-state index is 0.303. The molecule has 98 valence electrons. The summed E-state index contributed by atoms with van der Waals surface area (Å²) < 4.78 is 5.89. The molecule has 1 aromatic rings. The third-order valence-electron chi connectivity index (χ3n) is 3.19. The lowest BCUT2D eigenvalue weighted by atomic mass is 10.1. The third-order valence-corrected chi connectivity index (χ3v) is 3.19. The number of fused-ring (bicyclic) bond motifs is 1. The summed E-state index contributed by atoms with van der Waals surface area (Å²) in [7, 11) is 0. The van der Waals surface area contributed by atoms with Gasteiger partial charge in [0.15, 0.2) is 0 Å². The van der Waals surface area contributed by atoms with Gasteiger partial charge in [-0.2, -0.15) is 0 Å². The van der Waals surface area contributed by atoms with Crippen LogP contribution in [0.1, 0.15) is 18.9 Å². The van der Waals surface area contributed by atoms with Crippen molar-refractivity contribution in [2.45, 2.75) is 25.9 Å². The summed E-state index contributed by atoms with van der Waals surface area (Å²) in [5.74, 6) is 0.982. The van der Waals surface area contributed by atoms with Gasteiger partial charge in [-0.25, -0.2) is 0 Å². The minimum atomic E-state index is 0.303. The zero-order chi connectivity index (χ0) is 12.8. The lowest BCUT2D eigenvalue weighted by Gasteiger charge is -2.27. The van der Waals surface area contributed by atoms with E-state index in [1.54, 1.807) is 0 Å². The highest BCUT2D eigenvalue weighted by Gasteiger charge is 2.17. The molecular weight excluding hydrogens is 224 g/mol. The fourth-order valence-corrected chi connectivity index (χ4v) is 2.08. The van der Waals surface area contributed by atoms with Gasteiger partial charge in [0.2, 0.25) is 0 Å². The zero-order valence-electron chi connectivity index (χ0n) is 11.0. The van der Waals surface area contributed by atoms with E-state index >= 15 is 0 Å². The lowest BCUT2D eigenvalue weighted by molar-refractivity contribution is 0.202. The van der Waals surface area contributed by atoms with Gasteiger partial charge in [-0.15, -0.1) is 6.58 Å². The van der Waals surface area contributed by atoms with Crippen LogP contribution in [0, 0.1) is 0 Å². The highest BCUT2D eigenvalue weighted by Crippen LogP contribution is 2.30. The third kappa shape index (κ3) is 3.26. The van der Waals surface area contributed by atoms with Crippen LogP contribution in [-0.2, 0) is 6.42 Å². The topological polar surface area (TPSA) is 33.3 Å². The number of anilines is 1. The smallest absolute Gasteiger partial charge is 0.142 e. The quantitative estimate of drug-likeness (QED) is 0.598. The molecule has 3 nitrogen and oxygen atoms in total. The molecule has 0 amide bonds. The molecule has 1 aliphatic heterocycles.